The Morgan fingerprint density at radius 2 is 1.90 bits per heavy atom. The van der Waals surface area contributed by atoms with Gasteiger partial charge in [-0.3, -0.25) is 4.98 Å². The zero-order valence-corrected chi connectivity index (χ0v) is 11.8. The molecule has 0 radical (unpaired) electrons. The number of aromatic nitrogens is 3. The normalized spacial score (nSPS) is 10.8. The third-order valence-electron chi connectivity index (χ3n) is 3.32. The predicted octanol–water partition coefficient (Wildman–Crippen LogP) is 2.82. The van der Waals surface area contributed by atoms with Crippen LogP contribution in [0, 0.1) is 0 Å². The summed E-state index contributed by atoms with van der Waals surface area (Å²) in [6, 6.07) is 11.8. The smallest absolute Gasteiger partial charge is 0.258 e. The summed E-state index contributed by atoms with van der Waals surface area (Å²) in [4.78, 5) is 8.59. The Balaban J connectivity index is 1.91. The van der Waals surface area contributed by atoms with Crippen LogP contribution in [0.15, 0.2) is 47.1 Å². The van der Waals surface area contributed by atoms with Crippen LogP contribution in [0.4, 0.5) is 0 Å². The van der Waals surface area contributed by atoms with Crippen LogP contribution in [0.5, 0.6) is 0 Å². The van der Waals surface area contributed by atoms with E-state index in [1.165, 1.54) is 5.56 Å². The maximum Gasteiger partial charge on any atom is 0.258 e. The second kappa shape index (κ2) is 5.85. The van der Waals surface area contributed by atoms with Crippen molar-refractivity contribution >= 4 is 0 Å². The van der Waals surface area contributed by atoms with Crippen LogP contribution in [-0.4, -0.2) is 15.1 Å². The van der Waals surface area contributed by atoms with E-state index in [2.05, 4.69) is 34.2 Å². The fourth-order valence-corrected chi connectivity index (χ4v) is 2.07. The molecule has 21 heavy (non-hydrogen) atoms. The molecule has 2 N–H and O–H groups in total. The van der Waals surface area contributed by atoms with Crippen molar-refractivity contribution in [3.8, 4) is 22.8 Å². The van der Waals surface area contributed by atoms with Gasteiger partial charge in [-0.05, 0) is 24.1 Å². The number of hydrogen-bond acceptors (Lipinski definition) is 5. The van der Waals surface area contributed by atoms with Gasteiger partial charge in [-0.25, -0.2) is 0 Å². The summed E-state index contributed by atoms with van der Waals surface area (Å²) < 4.78 is 5.33. The summed E-state index contributed by atoms with van der Waals surface area (Å²) in [7, 11) is 0. The Morgan fingerprint density at radius 3 is 2.62 bits per heavy atom. The standard InChI is InChI=1S/C16H16N4O/c1-2-11-3-5-12(6-4-11)15-19-16(21-20-15)13-7-8-18-14(9-13)10-17/h3-9H,2,10,17H2,1H3. The van der Waals surface area contributed by atoms with E-state index in [4.69, 9.17) is 10.3 Å². The Kier molecular flexibility index (Phi) is 3.75. The highest BCUT2D eigenvalue weighted by atomic mass is 16.5. The molecule has 1 aromatic carbocycles. The topological polar surface area (TPSA) is 77.8 Å². The molecule has 3 rings (SSSR count). The Morgan fingerprint density at radius 1 is 1.10 bits per heavy atom. The monoisotopic (exact) mass is 280 g/mol. The number of hydrogen-bond donors (Lipinski definition) is 1. The number of aryl methyl sites for hydroxylation is 1. The van der Waals surface area contributed by atoms with Crippen LogP contribution in [-0.2, 0) is 13.0 Å². The molecule has 5 nitrogen and oxygen atoms in total. The Hall–Kier alpha value is -2.53. The second-order valence-corrected chi connectivity index (χ2v) is 4.71. The van der Waals surface area contributed by atoms with Crippen molar-refractivity contribution < 1.29 is 4.52 Å². The summed E-state index contributed by atoms with van der Waals surface area (Å²) >= 11 is 0. The van der Waals surface area contributed by atoms with Crippen molar-refractivity contribution in [2.45, 2.75) is 19.9 Å². The molecule has 0 aliphatic carbocycles. The quantitative estimate of drug-likeness (QED) is 0.795. The van der Waals surface area contributed by atoms with E-state index in [0.29, 0.717) is 18.3 Å². The maximum absolute atomic E-state index is 5.59. The molecule has 5 heteroatoms. The van der Waals surface area contributed by atoms with E-state index >= 15 is 0 Å². The lowest BCUT2D eigenvalue weighted by atomic mass is 10.1. The van der Waals surface area contributed by atoms with Crippen molar-refractivity contribution in [3.05, 3.63) is 53.9 Å². The van der Waals surface area contributed by atoms with Crippen LogP contribution >= 0.6 is 0 Å². The molecule has 0 saturated heterocycles. The molecule has 0 saturated carbocycles. The van der Waals surface area contributed by atoms with Gasteiger partial charge in [0.25, 0.3) is 5.89 Å². The lowest BCUT2D eigenvalue weighted by molar-refractivity contribution is 0.432. The SMILES string of the molecule is CCc1ccc(-c2noc(-c3ccnc(CN)c3)n2)cc1. The third kappa shape index (κ3) is 2.83. The molecular formula is C16H16N4O. The first-order valence-corrected chi connectivity index (χ1v) is 6.88. The highest BCUT2D eigenvalue weighted by molar-refractivity contribution is 5.60. The van der Waals surface area contributed by atoms with Crippen molar-refractivity contribution in [3.63, 3.8) is 0 Å². The van der Waals surface area contributed by atoms with Gasteiger partial charge in [0.15, 0.2) is 0 Å². The average Bonchev–Trinajstić information content (AvgIpc) is 3.05. The Bertz CT molecular complexity index is 734. The molecule has 0 aliphatic heterocycles. The summed E-state index contributed by atoms with van der Waals surface area (Å²) in [6.45, 7) is 2.51. The van der Waals surface area contributed by atoms with E-state index in [0.717, 1.165) is 23.2 Å². The van der Waals surface area contributed by atoms with Gasteiger partial charge in [0.2, 0.25) is 5.82 Å². The fourth-order valence-electron chi connectivity index (χ4n) is 2.07. The van der Waals surface area contributed by atoms with Gasteiger partial charge in [0.05, 0.1) is 5.69 Å². The largest absolute Gasteiger partial charge is 0.334 e. The lowest BCUT2D eigenvalue weighted by Gasteiger charge is -1.98. The van der Waals surface area contributed by atoms with Crippen molar-refractivity contribution in [1.82, 2.24) is 15.1 Å². The van der Waals surface area contributed by atoms with Crippen LogP contribution in [0.2, 0.25) is 0 Å². The highest BCUT2D eigenvalue weighted by Gasteiger charge is 2.11. The molecule has 0 fully saturated rings. The number of rotatable bonds is 4. The minimum absolute atomic E-state index is 0.382. The van der Waals surface area contributed by atoms with Crippen LogP contribution in [0.3, 0.4) is 0 Å². The number of benzene rings is 1. The van der Waals surface area contributed by atoms with Gasteiger partial charge in [-0.2, -0.15) is 4.98 Å². The summed E-state index contributed by atoms with van der Waals surface area (Å²) in [5.41, 5.74) is 9.43. The zero-order chi connectivity index (χ0) is 14.7. The van der Waals surface area contributed by atoms with Gasteiger partial charge >= 0.3 is 0 Å². The molecule has 106 valence electrons. The summed E-state index contributed by atoms with van der Waals surface area (Å²) in [5.74, 6) is 1.06. The lowest BCUT2D eigenvalue weighted by Crippen LogP contribution is -1.98. The minimum Gasteiger partial charge on any atom is -0.334 e. The van der Waals surface area contributed by atoms with Crippen LogP contribution in [0.25, 0.3) is 22.8 Å². The summed E-state index contributed by atoms with van der Waals surface area (Å²) in [5, 5.41) is 4.04. The highest BCUT2D eigenvalue weighted by Crippen LogP contribution is 2.22. The van der Waals surface area contributed by atoms with Gasteiger partial charge in [0.1, 0.15) is 0 Å². The van der Waals surface area contributed by atoms with E-state index in [9.17, 15) is 0 Å². The van der Waals surface area contributed by atoms with Gasteiger partial charge in [-0.15, -0.1) is 0 Å². The van der Waals surface area contributed by atoms with Gasteiger partial charge in [-0.1, -0.05) is 36.3 Å². The second-order valence-electron chi connectivity index (χ2n) is 4.71. The van der Waals surface area contributed by atoms with Crippen LogP contribution in [0.1, 0.15) is 18.2 Å². The van der Waals surface area contributed by atoms with E-state index in [-0.39, 0.29) is 0 Å². The van der Waals surface area contributed by atoms with Crippen molar-refractivity contribution in [2.75, 3.05) is 0 Å². The molecule has 0 unspecified atom stereocenters. The first-order valence-electron chi connectivity index (χ1n) is 6.88. The number of nitrogens with two attached hydrogens (primary N) is 1. The summed E-state index contributed by atoms with van der Waals surface area (Å²) in [6.07, 6.45) is 2.70. The molecule has 0 bridgehead atoms. The predicted molar refractivity (Wildman–Crippen MR) is 80.2 cm³/mol. The van der Waals surface area contributed by atoms with Gasteiger partial charge in [0, 0.05) is 23.9 Å². The number of pyridine rings is 1. The van der Waals surface area contributed by atoms with Crippen molar-refractivity contribution in [1.29, 1.82) is 0 Å². The van der Waals surface area contributed by atoms with Gasteiger partial charge < -0.3 is 10.3 Å². The molecule has 0 aliphatic rings. The molecule has 0 atom stereocenters. The third-order valence-corrected chi connectivity index (χ3v) is 3.32. The molecule has 2 heterocycles. The average molecular weight is 280 g/mol. The fraction of sp³-hybridized carbons (Fsp3) is 0.188. The zero-order valence-electron chi connectivity index (χ0n) is 11.8. The molecule has 0 amide bonds. The molecule has 3 aromatic rings. The first-order chi connectivity index (χ1) is 10.3. The number of nitrogens with zero attached hydrogens (tertiary/aromatic N) is 3. The van der Waals surface area contributed by atoms with E-state index in [1.807, 2.05) is 24.3 Å². The minimum atomic E-state index is 0.382. The van der Waals surface area contributed by atoms with Crippen molar-refractivity contribution in [2.24, 2.45) is 5.73 Å². The Labute approximate surface area is 122 Å². The molecule has 0 spiro atoms. The van der Waals surface area contributed by atoms with E-state index in [1.54, 1.807) is 6.20 Å². The maximum atomic E-state index is 5.59. The molecular weight excluding hydrogens is 264 g/mol. The first kappa shape index (κ1) is 13.5. The van der Waals surface area contributed by atoms with E-state index < -0.39 is 0 Å². The van der Waals surface area contributed by atoms with Crippen LogP contribution < -0.4 is 5.73 Å². The molecule has 2 aromatic heterocycles.